The topological polar surface area (TPSA) is 114 Å². The van der Waals surface area contributed by atoms with E-state index >= 15 is 0 Å². The van der Waals surface area contributed by atoms with Crippen molar-refractivity contribution in [2.75, 3.05) is 39.5 Å². The molecule has 22 heavy (non-hydrogen) atoms. The van der Waals surface area contributed by atoms with E-state index < -0.39 is 11.9 Å². The number of aliphatic carboxylic acids is 1. The molecule has 0 aromatic rings. The number of amides is 2. The minimum Gasteiger partial charge on any atom is -0.481 e. The van der Waals surface area contributed by atoms with Crippen LogP contribution in [0.5, 0.6) is 0 Å². The van der Waals surface area contributed by atoms with Gasteiger partial charge >= 0.3 is 5.97 Å². The lowest BCUT2D eigenvalue weighted by Crippen LogP contribution is -2.29. The van der Waals surface area contributed by atoms with Gasteiger partial charge in [-0.3, -0.25) is 14.4 Å². The van der Waals surface area contributed by atoms with Crippen LogP contribution in [-0.2, 0) is 23.9 Å². The fraction of sp³-hybridized carbons (Fsp3) is 0.786. The standard InChI is InChI=1S/C14H26N2O6/c1-3-15-13(18)10-22-9-8-21-7-6-16-12(17)5-4-11(2)14(19)20/h11H,3-10H2,1-2H3,(H,15,18)(H,16,17)(H,19,20). The molecule has 0 spiro atoms. The summed E-state index contributed by atoms with van der Waals surface area (Å²) in [5.41, 5.74) is 0. The molecule has 128 valence electrons. The van der Waals surface area contributed by atoms with Crippen molar-refractivity contribution in [1.82, 2.24) is 10.6 Å². The summed E-state index contributed by atoms with van der Waals surface area (Å²) in [6.07, 6.45) is 0.499. The van der Waals surface area contributed by atoms with E-state index in [1.165, 1.54) is 0 Å². The van der Waals surface area contributed by atoms with Gasteiger partial charge < -0.3 is 25.2 Å². The molecular formula is C14H26N2O6. The van der Waals surface area contributed by atoms with Gasteiger partial charge in [-0.25, -0.2) is 0 Å². The molecular weight excluding hydrogens is 292 g/mol. The molecule has 0 rings (SSSR count). The summed E-state index contributed by atoms with van der Waals surface area (Å²) in [6, 6.07) is 0. The molecule has 8 heteroatoms. The maximum Gasteiger partial charge on any atom is 0.306 e. The molecule has 0 radical (unpaired) electrons. The number of ether oxygens (including phenoxy) is 2. The molecule has 0 fully saturated rings. The average molecular weight is 318 g/mol. The first-order valence-corrected chi connectivity index (χ1v) is 7.39. The van der Waals surface area contributed by atoms with Gasteiger partial charge in [0.2, 0.25) is 11.8 Å². The molecule has 0 aliphatic rings. The molecule has 3 N–H and O–H groups in total. The lowest BCUT2D eigenvalue weighted by molar-refractivity contribution is -0.141. The van der Waals surface area contributed by atoms with Crippen LogP contribution in [0.4, 0.5) is 0 Å². The fourth-order valence-electron chi connectivity index (χ4n) is 1.46. The minimum atomic E-state index is -0.899. The summed E-state index contributed by atoms with van der Waals surface area (Å²) < 4.78 is 10.3. The van der Waals surface area contributed by atoms with Crippen LogP contribution in [0.3, 0.4) is 0 Å². The summed E-state index contributed by atoms with van der Waals surface area (Å²) in [7, 11) is 0. The van der Waals surface area contributed by atoms with Crippen molar-refractivity contribution in [2.45, 2.75) is 26.7 Å². The largest absolute Gasteiger partial charge is 0.481 e. The molecule has 8 nitrogen and oxygen atoms in total. The van der Waals surface area contributed by atoms with Gasteiger partial charge in [-0.2, -0.15) is 0 Å². The zero-order valence-electron chi connectivity index (χ0n) is 13.2. The number of likely N-dealkylation sites (N-methyl/N-ethyl adjacent to an activating group) is 1. The van der Waals surface area contributed by atoms with Crippen molar-refractivity contribution in [2.24, 2.45) is 5.92 Å². The highest BCUT2D eigenvalue weighted by Gasteiger charge is 2.12. The molecule has 2 amide bonds. The zero-order chi connectivity index (χ0) is 16.8. The molecule has 1 atom stereocenters. The Bertz CT molecular complexity index is 348. The third-order valence-electron chi connectivity index (χ3n) is 2.77. The van der Waals surface area contributed by atoms with E-state index in [-0.39, 0.29) is 24.8 Å². The van der Waals surface area contributed by atoms with Crippen molar-refractivity contribution >= 4 is 17.8 Å². The highest BCUT2D eigenvalue weighted by Crippen LogP contribution is 2.04. The predicted molar refractivity (Wildman–Crippen MR) is 79.4 cm³/mol. The van der Waals surface area contributed by atoms with Crippen LogP contribution in [-0.4, -0.2) is 62.4 Å². The smallest absolute Gasteiger partial charge is 0.306 e. The van der Waals surface area contributed by atoms with Crippen LogP contribution in [0.15, 0.2) is 0 Å². The number of hydrogen-bond acceptors (Lipinski definition) is 5. The molecule has 0 aromatic carbocycles. The highest BCUT2D eigenvalue weighted by molar-refractivity contribution is 5.77. The van der Waals surface area contributed by atoms with E-state index in [0.29, 0.717) is 39.3 Å². The Morgan fingerprint density at radius 3 is 2.36 bits per heavy atom. The predicted octanol–water partition coefficient (Wildman–Crippen LogP) is -0.227. The maximum atomic E-state index is 11.4. The first-order chi connectivity index (χ1) is 10.5. The molecule has 0 saturated carbocycles. The highest BCUT2D eigenvalue weighted by atomic mass is 16.5. The molecule has 0 bridgehead atoms. The normalized spacial score (nSPS) is 11.7. The number of carboxylic acid groups (broad SMARTS) is 1. The van der Waals surface area contributed by atoms with Crippen LogP contribution >= 0.6 is 0 Å². The van der Waals surface area contributed by atoms with Gasteiger partial charge in [0.1, 0.15) is 6.61 Å². The first kappa shape index (κ1) is 20.3. The second kappa shape index (κ2) is 13.0. The van der Waals surface area contributed by atoms with Crippen LogP contribution in [0.1, 0.15) is 26.7 Å². The minimum absolute atomic E-state index is 0.00962. The Balaban J connectivity index is 3.37. The summed E-state index contributed by atoms with van der Waals surface area (Å²) >= 11 is 0. The van der Waals surface area contributed by atoms with Crippen molar-refractivity contribution in [3.8, 4) is 0 Å². The maximum absolute atomic E-state index is 11.4. The zero-order valence-corrected chi connectivity index (χ0v) is 13.2. The number of nitrogens with one attached hydrogen (secondary N) is 2. The lowest BCUT2D eigenvalue weighted by Gasteiger charge is -2.08. The Morgan fingerprint density at radius 2 is 1.73 bits per heavy atom. The number of carbonyl (C=O) groups is 3. The Kier molecular flexibility index (Phi) is 12.0. The van der Waals surface area contributed by atoms with Gasteiger partial charge in [0, 0.05) is 19.5 Å². The van der Waals surface area contributed by atoms with Gasteiger partial charge in [-0.15, -0.1) is 0 Å². The van der Waals surface area contributed by atoms with E-state index in [9.17, 15) is 14.4 Å². The van der Waals surface area contributed by atoms with Crippen molar-refractivity contribution < 1.29 is 29.0 Å². The van der Waals surface area contributed by atoms with Gasteiger partial charge in [0.25, 0.3) is 0 Å². The number of carboxylic acids is 1. The number of hydrogen-bond donors (Lipinski definition) is 3. The second-order valence-electron chi connectivity index (χ2n) is 4.75. The second-order valence-corrected chi connectivity index (χ2v) is 4.75. The van der Waals surface area contributed by atoms with Gasteiger partial charge in [-0.05, 0) is 13.3 Å². The Hall–Kier alpha value is -1.67. The number of rotatable bonds is 13. The monoisotopic (exact) mass is 318 g/mol. The summed E-state index contributed by atoms with van der Waals surface area (Å²) in [4.78, 5) is 33.0. The average Bonchev–Trinajstić information content (AvgIpc) is 2.47. The van der Waals surface area contributed by atoms with Gasteiger partial charge in [0.15, 0.2) is 0 Å². The molecule has 1 unspecified atom stereocenters. The third kappa shape index (κ3) is 12.1. The quantitative estimate of drug-likeness (QED) is 0.404. The summed E-state index contributed by atoms with van der Waals surface area (Å²) in [6.45, 7) is 5.32. The van der Waals surface area contributed by atoms with E-state index in [2.05, 4.69) is 10.6 Å². The van der Waals surface area contributed by atoms with Crippen molar-refractivity contribution in [3.05, 3.63) is 0 Å². The fourth-order valence-corrected chi connectivity index (χ4v) is 1.46. The van der Waals surface area contributed by atoms with Crippen LogP contribution in [0, 0.1) is 5.92 Å². The SMILES string of the molecule is CCNC(=O)COCCOCCNC(=O)CCC(C)C(=O)O. The van der Waals surface area contributed by atoms with Crippen molar-refractivity contribution in [3.63, 3.8) is 0 Å². The summed E-state index contributed by atoms with van der Waals surface area (Å²) in [5.74, 6) is -1.78. The van der Waals surface area contributed by atoms with Crippen LogP contribution in [0.25, 0.3) is 0 Å². The van der Waals surface area contributed by atoms with E-state index in [0.717, 1.165) is 0 Å². The van der Waals surface area contributed by atoms with Crippen LogP contribution < -0.4 is 10.6 Å². The van der Waals surface area contributed by atoms with Gasteiger partial charge in [0.05, 0.1) is 25.7 Å². The molecule has 0 saturated heterocycles. The van der Waals surface area contributed by atoms with E-state index in [1.807, 2.05) is 6.92 Å². The first-order valence-electron chi connectivity index (χ1n) is 7.39. The van der Waals surface area contributed by atoms with E-state index in [4.69, 9.17) is 14.6 Å². The molecule has 0 aliphatic heterocycles. The van der Waals surface area contributed by atoms with E-state index in [1.54, 1.807) is 6.92 Å². The Labute approximate surface area is 130 Å². The van der Waals surface area contributed by atoms with Gasteiger partial charge in [-0.1, -0.05) is 6.92 Å². The number of carbonyl (C=O) groups excluding carboxylic acids is 2. The summed E-state index contributed by atoms with van der Waals surface area (Å²) in [5, 5.41) is 13.9. The Morgan fingerprint density at radius 1 is 1.05 bits per heavy atom. The van der Waals surface area contributed by atoms with Crippen LogP contribution in [0.2, 0.25) is 0 Å². The molecule has 0 aliphatic carbocycles. The van der Waals surface area contributed by atoms with Crippen molar-refractivity contribution in [1.29, 1.82) is 0 Å². The third-order valence-corrected chi connectivity index (χ3v) is 2.77. The lowest BCUT2D eigenvalue weighted by atomic mass is 10.1. The molecule has 0 heterocycles. The molecule has 0 aromatic heterocycles.